The van der Waals surface area contributed by atoms with Crippen molar-refractivity contribution in [3.63, 3.8) is 0 Å². The Morgan fingerprint density at radius 1 is 1.33 bits per heavy atom. The van der Waals surface area contributed by atoms with Crippen molar-refractivity contribution in [1.82, 2.24) is 19.5 Å². The average Bonchev–Trinajstić information content (AvgIpc) is 3.11. The van der Waals surface area contributed by atoms with Gasteiger partial charge in [-0.25, -0.2) is 14.8 Å². The summed E-state index contributed by atoms with van der Waals surface area (Å²) in [6.07, 6.45) is 4.59. The summed E-state index contributed by atoms with van der Waals surface area (Å²) in [7, 11) is 0. The number of carboxylic acid groups (broad SMARTS) is 1. The number of rotatable bonds is 3. The lowest BCUT2D eigenvalue weighted by Crippen LogP contribution is -2.20. The van der Waals surface area contributed by atoms with E-state index in [1.807, 2.05) is 11.4 Å². The molecule has 0 radical (unpaired) electrons. The number of aryl methyl sites for hydroxylation is 1. The molecule has 4 heterocycles. The molecule has 1 N–H and O–H groups in total. The van der Waals surface area contributed by atoms with E-state index in [0.29, 0.717) is 16.4 Å². The first-order valence-corrected chi connectivity index (χ1v) is 9.03. The summed E-state index contributed by atoms with van der Waals surface area (Å²) >= 11 is 7.37. The third kappa shape index (κ3) is 2.98. The van der Waals surface area contributed by atoms with Crippen molar-refractivity contribution >= 4 is 39.9 Å². The normalized spacial score (nSPS) is 11.0. The van der Waals surface area contributed by atoms with E-state index >= 15 is 0 Å². The second kappa shape index (κ2) is 6.57. The molecule has 0 saturated carbocycles. The number of hydrogen-bond acceptors (Lipinski definition) is 6. The van der Waals surface area contributed by atoms with E-state index in [-0.39, 0.29) is 21.7 Å². The van der Waals surface area contributed by atoms with Gasteiger partial charge in [0.2, 0.25) is 5.43 Å². The fraction of sp³-hybridized carbons (Fsp3) is 0.0556. The topological polar surface area (TPSA) is 98.0 Å². The molecule has 0 unspecified atom stereocenters. The maximum Gasteiger partial charge on any atom is 0.341 e. The van der Waals surface area contributed by atoms with Crippen LogP contribution in [0, 0.1) is 6.92 Å². The first kappa shape index (κ1) is 17.3. The van der Waals surface area contributed by atoms with Crippen LogP contribution in [0.4, 0.5) is 0 Å². The van der Waals surface area contributed by atoms with E-state index in [2.05, 4.69) is 15.0 Å². The number of aromatic nitrogens is 4. The number of thiazole rings is 1. The predicted molar refractivity (Wildman–Crippen MR) is 103 cm³/mol. The molecule has 0 aliphatic carbocycles. The molecular weight excluding hydrogens is 388 g/mol. The van der Waals surface area contributed by atoms with Gasteiger partial charge in [-0.15, -0.1) is 11.3 Å². The summed E-state index contributed by atoms with van der Waals surface area (Å²) in [6.45, 7) is 1.69. The number of halogens is 1. The maximum atomic E-state index is 12.6. The first-order valence-electron chi connectivity index (χ1n) is 7.78. The van der Waals surface area contributed by atoms with E-state index in [1.165, 1.54) is 28.2 Å². The quantitative estimate of drug-likeness (QED) is 0.530. The van der Waals surface area contributed by atoms with Crippen LogP contribution in [0.25, 0.3) is 27.4 Å². The molecule has 27 heavy (non-hydrogen) atoms. The van der Waals surface area contributed by atoms with Crippen molar-refractivity contribution in [2.24, 2.45) is 0 Å². The zero-order valence-corrected chi connectivity index (χ0v) is 15.5. The molecule has 0 aliphatic heterocycles. The maximum absolute atomic E-state index is 12.6. The second-order valence-electron chi connectivity index (χ2n) is 5.76. The first-order chi connectivity index (χ1) is 13.0. The number of carboxylic acids is 1. The van der Waals surface area contributed by atoms with E-state index < -0.39 is 11.4 Å². The highest BCUT2D eigenvalue weighted by Crippen LogP contribution is 2.27. The van der Waals surface area contributed by atoms with Crippen molar-refractivity contribution in [1.29, 1.82) is 0 Å². The van der Waals surface area contributed by atoms with Crippen molar-refractivity contribution in [3.05, 3.63) is 68.7 Å². The Labute approximate surface area is 161 Å². The lowest BCUT2D eigenvalue weighted by atomic mass is 10.1. The van der Waals surface area contributed by atoms with Crippen molar-refractivity contribution in [3.8, 4) is 16.4 Å². The zero-order valence-electron chi connectivity index (χ0n) is 13.9. The number of hydrogen-bond donors (Lipinski definition) is 1. The minimum atomic E-state index is -1.31. The van der Waals surface area contributed by atoms with Crippen molar-refractivity contribution < 1.29 is 9.90 Å². The van der Waals surface area contributed by atoms with Crippen LogP contribution in [0.1, 0.15) is 15.9 Å². The summed E-state index contributed by atoms with van der Waals surface area (Å²) in [6, 6.07) is 5.21. The van der Waals surface area contributed by atoms with Gasteiger partial charge >= 0.3 is 5.97 Å². The lowest BCUT2D eigenvalue weighted by Gasteiger charge is -2.10. The molecule has 0 spiro atoms. The standard InChI is InChI=1S/C18H11ClN4O3S/c1-9-5-13(19)22-16-14(9)15(24)11(17(25)26)7-23(16)18-21-12(8-27-18)10-3-2-4-20-6-10/h2-8H,1H3,(H,25,26). The van der Waals surface area contributed by atoms with Gasteiger partial charge in [0, 0.05) is 29.5 Å². The SMILES string of the molecule is Cc1cc(Cl)nc2c1c(=O)c(C(=O)O)cn2-c1nc(-c2cccnc2)cs1. The minimum Gasteiger partial charge on any atom is -0.477 e. The van der Waals surface area contributed by atoms with Gasteiger partial charge in [-0.05, 0) is 30.7 Å². The Bertz CT molecular complexity index is 1250. The molecule has 134 valence electrons. The van der Waals surface area contributed by atoms with E-state index in [9.17, 15) is 14.7 Å². The van der Waals surface area contributed by atoms with Crippen molar-refractivity contribution in [2.45, 2.75) is 6.92 Å². The highest BCUT2D eigenvalue weighted by molar-refractivity contribution is 7.12. The van der Waals surface area contributed by atoms with Gasteiger partial charge in [0.25, 0.3) is 0 Å². The summed E-state index contributed by atoms with van der Waals surface area (Å²) in [4.78, 5) is 37.1. The van der Waals surface area contributed by atoms with Crippen LogP contribution in [0.2, 0.25) is 5.15 Å². The molecular formula is C18H11ClN4O3S. The van der Waals surface area contributed by atoms with Crippen LogP contribution in [0.15, 0.2) is 47.0 Å². The van der Waals surface area contributed by atoms with E-state index in [1.54, 1.807) is 25.4 Å². The Balaban J connectivity index is 2.02. The molecule has 4 aromatic rings. The van der Waals surface area contributed by atoms with E-state index in [4.69, 9.17) is 11.6 Å². The number of carbonyl (C=O) groups is 1. The van der Waals surface area contributed by atoms with Gasteiger partial charge in [-0.3, -0.25) is 14.3 Å². The van der Waals surface area contributed by atoms with E-state index in [0.717, 1.165) is 5.56 Å². The number of pyridine rings is 3. The fourth-order valence-corrected chi connectivity index (χ4v) is 3.83. The molecule has 4 rings (SSSR count). The lowest BCUT2D eigenvalue weighted by molar-refractivity contribution is 0.0695. The van der Waals surface area contributed by atoms with Gasteiger partial charge in [0.1, 0.15) is 10.7 Å². The Hall–Kier alpha value is -3.10. The van der Waals surface area contributed by atoms with Gasteiger partial charge in [-0.2, -0.15) is 0 Å². The van der Waals surface area contributed by atoms with Crippen LogP contribution in [-0.2, 0) is 0 Å². The summed E-state index contributed by atoms with van der Waals surface area (Å²) in [5.41, 5.74) is 1.38. The zero-order chi connectivity index (χ0) is 19.1. The fourth-order valence-electron chi connectivity index (χ4n) is 2.77. The molecule has 0 fully saturated rings. The molecule has 0 bridgehead atoms. The Kier molecular flexibility index (Phi) is 4.21. The summed E-state index contributed by atoms with van der Waals surface area (Å²) in [5.74, 6) is -1.31. The largest absolute Gasteiger partial charge is 0.477 e. The molecule has 0 atom stereocenters. The average molecular weight is 399 g/mol. The highest BCUT2D eigenvalue weighted by Gasteiger charge is 2.20. The summed E-state index contributed by atoms with van der Waals surface area (Å²) < 4.78 is 1.49. The number of aromatic carboxylic acids is 1. The molecule has 4 aromatic heterocycles. The number of nitrogens with zero attached hydrogens (tertiary/aromatic N) is 4. The van der Waals surface area contributed by atoms with Gasteiger partial charge in [0.15, 0.2) is 10.8 Å². The molecule has 9 heteroatoms. The van der Waals surface area contributed by atoms with Crippen molar-refractivity contribution in [2.75, 3.05) is 0 Å². The minimum absolute atomic E-state index is 0.206. The highest BCUT2D eigenvalue weighted by atomic mass is 35.5. The van der Waals surface area contributed by atoms with Crippen LogP contribution in [0.5, 0.6) is 0 Å². The molecule has 7 nitrogen and oxygen atoms in total. The van der Waals surface area contributed by atoms with Gasteiger partial charge in [0.05, 0.1) is 11.1 Å². The Morgan fingerprint density at radius 2 is 2.15 bits per heavy atom. The molecule has 0 aliphatic rings. The Morgan fingerprint density at radius 3 is 2.85 bits per heavy atom. The van der Waals surface area contributed by atoms with Crippen LogP contribution < -0.4 is 5.43 Å². The van der Waals surface area contributed by atoms with Gasteiger partial charge < -0.3 is 5.11 Å². The van der Waals surface area contributed by atoms with Crippen LogP contribution >= 0.6 is 22.9 Å². The molecule has 0 saturated heterocycles. The summed E-state index contributed by atoms with van der Waals surface area (Å²) in [5, 5.41) is 12.2. The van der Waals surface area contributed by atoms with Gasteiger partial charge in [-0.1, -0.05) is 11.6 Å². The third-order valence-electron chi connectivity index (χ3n) is 4.01. The third-order valence-corrected chi connectivity index (χ3v) is 5.04. The van der Waals surface area contributed by atoms with Crippen LogP contribution in [0.3, 0.4) is 0 Å². The smallest absolute Gasteiger partial charge is 0.341 e. The second-order valence-corrected chi connectivity index (χ2v) is 6.99. The molecule has 0 aromatic carbocycles. The predicted octanol–water partition coefficient (Wildman–Crippen LogP) is 3.56. The number of fused-ring (bicyclic) bond motifs is 1. The van der Waals surface area contributed by atoms with Crippen LogP contribution in [-0.4, -0.2) is 30.6 Å². The monoisotopic (exact) mass is 398 g/mol. The molecule has 0 amide bonds.